The summed E-state index contributed by atoms with van der Waals surface area (Å²) in [6, 6.07) is 0. The number of fused-ring (bicyclic) bond motifs is 7. The van der Waals surface area contributed by atoms with E-state index in [1.165, 1.54) is 6.92 Å². The van der Waals surface area contributed by atoms with Crippen LogP contribution in [0.3, 0.4) is 0 Å². The smallest absolute Gasteiger partial charge is 0.187 e. The second-order valence-electron chi connectivity index (χ2n) is 30.1. The average molecular weight is 1390 g/mol. The molecule has 19 N–H and O–H groups in total. The van der Waals surface area contributed by atoms with E-state index in [2.05, 4.69) is 27.7 Å². The second kappa shape index (κ2) is 29.3. The van der Waals surface area contributed by atoms with Crippen LogP contribution in [0.2, 0.25) is 0 Å². The number of rotatable bonds is 17. The van der Waals surface area contributed by atoms with E-state index in [0.717, 1.165) is 32.1 Å². The maximum Gasteiger partial charge on any atom is 0.187 e. The third-order valence-corrected chi connectivity index (χ3v) is 24.6. The monoisotopic (exact) mass is 1390 g/mol. The summed E-state index contributed by atoms with van der Waals surface area (Å²) in [5, 5.41) is 212. The second-order valence-corrected chi connectivity index (χ2v) is 30.1. The molecule has 33 nitrogen and oxygen atoms in total. The average Bonchev–Trinajstić information content (AvgIpc) is 1.52. The molecule has 8 saturated heterocycles. The Morgan fingerprint density at radius 3 is 1.43 bits per heavy atom. The van der Waals surface area contributed by atoms with E-state index in [1.807, 2.05) is 0 Å². The van der Waals surface area contributed by atoms with Gasteiger partial charge in [0.1, 0.15) is 140 Å². The van der Waals surface area contributed by atoms with Gasteiger partial charge in [0.05, 0.1) is 64.1 Å². The molecule has 4 saturated carbocycles. The first kappa shape index (κ1) is 74.4. The first-order valence-corrected chi connectivity index (χ1v) is 34.3. The number of aliphatic hydroxyl groups is 19. The Balaban J connectivity index is 0.768. The first-order valence-electron chi connectivity index (χ1n) is 34.3. The van der Waals surface area contributed by atoms with Crippen LogP contribution in [0.1, 0.15) is 92.4 Å². The molecule has 554 valence electrons. The van der Waals surface area contributed by atoms with Crippen molar-refractivity contribution in [2.45, 2.75) is 301 Å². The standard InChI is InChI=1S/C63H104O33/c1-21-6-11-63(83-20-21)22(2)36-30(96-63)14-27-25-13-29(69)28-12-24(7-9-61(28,4)26(25)8-10-62(27,36)5)85-56-47(80)43(76)51(35(19-68)89-56)92-60-54(95-59-49(82)52(39(72)32(16-65)87-59)93-57-46(79)42(75)38(71)31(15-64)86-57)53(40(73)33(17-66)88-60)94-58-48(81)44(77)50(34(18-67)90-58)91-55-45(78)41(74)37(70)23(3)84-55/h21-60,64-82H,6-20H2,1-5H3. The molecule has 4 aliphatic carbocycles. The zero-order chi connectivity index (χ0) is 69.1. The lowest BCUT2D eigenvalue weighted by Crippen LogP contribution is -2.69. The summed E-state index contributed by atoms with van der Waals surface area (Å²) < 4.78 is 85.5. The van der Waals surface area contributed by atoms with Crippen molar-refractivity contribution in [3.63, 3.8) is 0 Å². The van der Waals surface area contributed by atoms with Crippen LogP contribution < -0.4 is 0 Å². The molecule has 33 heteroatoms. The lowest BCUT2D eigenvalue weighted by Gasteiger charge is -2.62. The summed E-state index contributed by atoms with van der Waals surface area (Å²) in [6.07, 6.45) is -51.8. The largest absolute Gasteiger partial charge is 0.394 e. The summed E-state index contributed by atoms with van der Waals surface area (Å²) in [4.78, 5) is 0. The van der Waals surface area contributed by atoms with Gasteiger partial charge in [-0.1, -0.05) is 27.7 Å². The Bertz CT molecular complexity index is 2540. The fraction of sp³-hybridized carbons (Fsp3) is 1.00. The minimum absolute atomic E-state index is 0.0169. The van der Waals surface area contributed by atoms with Crippen molar-refractivity contribution in [1.29, 1.82) is 0 Å². The van der Waals surface area contributed by atoms with Crippen LogP contribution in [0.25, 0.3) is 0 Å². The maximum absolute atomic E-state index is 12.3. The molecular weight excluding hydrogens is 1280 g/mol. The summed E-state index contributed by atoms with van der Waals surface area (Å²) in [5.74, 6) is 1.25. The lowest BCUT2D eigenvalue weighted by atomic mass is 9.43. The third-order valence-electron chi connectivity index (χ3n) is 24.6. The summed E-state index contributed by atoms with van der Waals surface area (Å²) in [5.41, 5.74) is -0.252. The van der Waals surface area contributed by atoms with Crippen LogP contribution in [-0.4, -0.2) is 345 Å². The summed E-state index contributed by atoms with van der Waals surface area (Å²) in [6.45, 7) is 6.29. The molecule has 43 unspecified atom stereocenters. The topological polar surface area (TPSA) is 514 Å². The van der Waals surface area contributed by atoms with Crippen LogP contribution in [0, 0.1) is 52.3 Å². The van der Waals surface area contributed by atoms with E-state index in [0.29, 0.717) is 56.0 Å². The Hall–Kier alpha value is -1.32. The van der Waals surface area contributed by atoms with Gasteiger partial charge < -0.3 is 163 Å². The van der Waals surface area contributed by atoms with Crippen molar-refractivity contribution < 1.29 is 163 Å². The highest BCUT2D eigenvalue weighted by atomic mass is 16.8. The molecule has 0 radical (unpaired) electrons. The minimum atomic E-state index is -2.29. The van der Waals surface area contributed by atoms with Gasteiger partial charge in [-0.25, -0.2) is 0 Å². The molecule has 96 heavy (non-hydrogen) atoms. The summed E-state index contributed by atoms with van der Waals surface area (Å²) in [7, 11) is 0. The van der Waals surface area contributed by atoms with Crippen molar-refractivity contribution in [3.8, 4) is 0 Å². The van der Waals surface area contributed by atoms with Crippen molar-refractivity contribution in [2.24, 2.45) is 52.3 Å². The van der Waals surface area contributed by atoms with Crippen molar-refractivity contribution >= 4 is 0 Å². The quantitative estimate of drug-likeness (QED) is 0.0602. The SMILES string of the molecule is CC1CCC2(OC1)OC1CC3C4CC(O)C5CC(OC6OC(CO)C(OC7OC(CO)C(O)C(OC8OC(CO)C(OC9OC(C)C(O)C(O)C9O)C(O)C8O)C7OC7OC(CO)C(O)C(OC8OC(CO)C(O)C(O)C8O)C7O)C(O)C6O)CCC5(C)C4CCC3(C)C1C2C. The van der Waals surface area contributed by atoms with Crippen LogP contribution in [0.4, 0.5) is 0 Å². The fourth-order valence-corrected chi connectivity index (χ4v) is 19.1. The van der Waals surface area contributed by atoms with Gasteiger partial charge in [0.2, 0.25) is 0 Å². The van der Waals surface area contributed by atoms with E-state index in [-0.39, 0.29) is 34.7 Å². The van der Waals surface area contributed by atoms with Gasteiger partial charge in [0.15, 0.2) is 43.5 Å². The molecule has 12 aliphatic rings. The highest BCUT2D eigenvalue weighted by Crippen LogP contribution is 2.71. The van der Waals surface area contributed by atoms with Crippen LogP contribution in [-0.2, 0) is 66.3 Å². The molecule has 0 aromatic heterocycles. The number of hydrogen-bond donors (Lipinski definition) is 19. The number of hydrogen-bond acceptors (Lipinski definition) is 33. The summed E-state index contributed by atoms with van der Waals surface area (Å²) >= 11 is 0. The number of ether oxygens (including phenoxy) is 14. The molecule has 0 aromatic rings. The molecule has 12 rings (SSSR count). The molecule has 8 heterocycles. The maximum atomic E-state index is 12.3. The Morgan fingerprint density at radius 1 is 0.375 bits per heavy atom. The molecule has 8 aliphatic heterocycles. The molecule has 12 fully saturated rings. The third kappa shape index (κ3) is 13.1. The predicted octanol–water partition coefficient (Wildman–Crippen LogP) is -7.26. The predicted molar refractivity (Wildman–Crippen MR) is 314 cm³/mol. The highest BCUT2D eigenvalue weighted by molar-refractivity contribution is 5.17. The zero-order valence-corrected chi connectivity index (χ0v) is 54.4. The van der Waals surface area contributed by atoms with E-state index >= 15 is 0 Å². The normalized spacial score (nSPS) is 57.6. The first-order chi connectivity index (χ1) is 45.6. The van der Waals surface area contributed by atoms with Crippen LogP contribution >= 0.6 is 0 Å². The Morgan fingerprint density at radius 2 is 0.844 bits per heavy atom. The molecular formula is C63H104O33. The van der Waals surface area contributed by atoms with Gasteiger partial charge in [-0.3, -0.25) is 0 Å². The minimum Gasteiger partial charge on any atom is -0.394 e. The number of aliphatic hydroxyl groups excluding tert-OH is 19. The van der Waals surface area contributed by atoms with E-state index < -0.39 is 235 Å². The van der Waals surface area contributed by atoms with Gasteiger partial charge in [0, 0.05) is 12.3 Å². The van der Waals surface area contributed by atoms with E-state index in [4.69, 9.17) is 66.3 Å². The molecule has 1 spiro atoms. The van der Waals surface area contributed by atoms with Crippen LogP contribution in [0.5, 0.6) is 0 Å². The molecule has 0 amide bonds. The van der Waals surface area contributed by atoms with E-state index in [9.17, 15) is 97.0 Å². The van der Waals surface area contributed by atoms with Gasteiger partial charge in [0.25, 0.3) is 0 Å². The van der Waals surface area contributed by atoms with Crippen LogP contribution in [0.15, 0.2) is 0 Å². The zero-order valence-electron chi connectivity index (χ0n) is 54.4. The Kier molecular flexibility index (Phi) is 22.7. The molecule has 43 atom stereocenters. The van der Waals surface area contributed by atoms with Crippen molar-refractivity contribution in [3.05, 3.63) is 0 Å². The molecule has 0 bridgehead atoms. The van der Waals surface area contributed by atoms with Gasteiger partial charge in [-0.15, -0.1) is 0 Å². The van der Waals surface area contributed by atoms with Gasteiger partial charge in [-0.2, -0.15) is 0 Å². The Labute approximate surface area is 554 Å². The van der Waals surface area contributed by atoms with E-state index in [1.54, 1.807) is 0 Å². The molecule has 0 aromatic carbocycles. The van der Waals surface area contributed by atoms with Crippen molar-refractivity contribution in [1.82, 2.24) is 0 Å². The fourth-order valence-electron chi connectivity index (χ4n) is 19.1. The van der Waals surface area contributed by atoms with Crippen molar-refractivity contribution in [2.75, 3.05) is 39.6 Å². The van der Waals surface area contributed by atoms with Gasteiger partial charge >= 0.3 is 0 Å². The van der Waals surface area contributed by atoms with Gasteiger partial charge in [-0.05, 0) is 105 Å². The lowest BCUT2D eigenvalue weighted by molar-refractivity contribution is -0.414. The highest BCUT2D eigenvalue weighted by Gasteiger charge is 2.70.